The van der Waals surface area contributed by atoms with Crippen molar-refractivity contribution in [3.05, 3.63) is 77.9 Å². The molecule has 8 nitrogen and oxygen atoms in total. The highest BCUT2D eigenvalue weighted by molar-refractivity contribution is 5.45. The largest absolute Gasteiger partial charge is 0.493 e. The van der Waals surface area contributed by atoms with Gasteiger partial charge in [0.25, 0.3) is 0 Å². The first-order valence-corrected chi connectivity index (χ1v) is 10.9. The molecule has 0 saturated heterocycles. The number of hydrogen-bond acceptors (Lipinski definition) is 6. The van der Waals surface area contributed by atoms with Crippen molar-refractivity contribution in [2.45, 2.75) is 33.0 Å². The van der Waals surface area contributed by atoms with Gasteiger partial charge in [-0.3, -0.25) is 4.57 Å². The number of halogens is 3. The van der Waals surface area contributed by atoms with Gasteiger partial charge in [0.2, 0.25) is 5.95 Å². The van der Waals surface area contributed by atoms with Gasteiger partial charge < -0.3 is 18.9 Å². The summed E-state index contributed by atoms with van der Waals surface area (Å²) in [6, 6.07) is 9.88. The van der Waals surface area contributed by atoms with Gasteiger partial charge in [0, 0.05) is 32.4 Å². The van der Waals surface area contributed by atoms with Crippen molar-refractivity contribution >= 4 is 5.95 Å². The number of anilines is 1. The molecule has 0 N–H and O–H groups in total. The van der Waals surface area contributed by atoms with E-state index in [1.165, 1.54) is 25.6 Å². The van der Waals surface area contributed by atoms with Crippen molar-refractivity contribution in [2.75, 3.05) is 19.1 Å². The van der Waals surface area contributed by atoms with Gasteiger partial charge in [-0.2, -0.15) is 8.78 Å². The molecule has 4 aromatic rings. The zero-order valence-electron chi connectivity index (χ0n) is 19.5. The van der Waals surface area contributed by atoms with Gasteiger partial charge in [-0.1, -0.05) is 19.1 Å². The molecule has 0 atom stereocenters. The minimum atomic E-state index is -2.97. The first kappa shape index (κ1) is 24.1. The fourth-order valence-electron chi connectivity index (χ4n) is 3.83. The lowest BCUT2D eigenvalue weighted by molar-refractivity contribution is -0.0512. The van der Waals surface area contributed by atoms with Crippen LogP contribution in [0.15, 0.2) is 55.1 Å². The lowest BCUT2D eigenvalue weighted by Crippen LogP contribution is -2.22. The molecule has 0 amide bonds. The van der Waals surface area contributed by atoms with Crippen molar-refractivity contribution in [3.8, 4) is 17.2 Å². The van der Waals surface area contributed by atoms with Gasteiger partial charge in [0.1, 0.15) is 11.6 Å². The van der Waals surface area contributed by atoms with E-state index in [0.717, 1.165) is 11.4 Å². The van der Waals surface area contributed by atoms with Crippen molar-refractivity contribution in [1.29, 1.82) is 0 Å². The topological polar surface area (TPSA) is 70.2 Å². The second-order valence-corrected chi connectivity index (χ2v) is 7.83. The van der Waals surface area contributed by atoms with E-state index in [4.69, 9.17) is 4.74 Å². The van der Waals surface area contributed by atoms with E-state index < -0.39 is 6.61 Å². The highest BCUT2D eigenvalue weighted by atomic mass is 19.3. The van der Waals surface area contributed by atoms with Crippen LogP contribution in [0.2, 0.25) is 0 Å². The first-order valence-electron chi connectivity index (χ1n) is 10.9. The highest BCUT2D eigenvalue weighted by Crippen LogP contribution is 2.30. The highest BCUT2D eigenvalue weighted by Gasteiger charge is 2.18. The zero-order valence-corrected chi connectivity index (χ0v) is 19.5. The molecular formula is C24H25F3N6O2. The molecule has 0 unspecified atom stereocenters. The number of benzene rings is 2. The van der Waals surface area contributed by atoms with E-state index in [9.17, 15) is 13.2 Å². The van der Waals surface area contributed by atoms with Crippen LogP contribution in [0.5, 0.6) is 11.5 Å². The Morgan fingerprint density at radius 1 is 1.06 bits per heavy atom. The lowest BCUT2D eigenvalue weighted by Gasteiger charge is -2.21. The SMILES string of the molecule is CCc1nnc(N(C)Cc2ccc(OC)c(OC(F)F)c2)n1Cc1ccc(-n2ccnc2)c(F)c1. The van der Waals surface area contributed by atoms with Gasteiger partial charge >= 0.3 is 6.61 Å². The predicted molar refractivity (Wildman–Crippen MR) is 124 cm³/mol. The number of alkyl halides is 2. The molecule has 184 valence electrons. The van der Waals surface area contributed by atoms with Crippen LogP contribution in [0.3, 0.4) is 0 Å². The number of nitrogens with zero attached hydrogens (tertiary/aromatic N) is 6. The standard InChI is InChI=1S/C24H25F3N6O2/c1-4-22-29-30-24(31(2)13-17-6-8-20(34-3)21(12-17)35-23(26)27)33(22)14-16-5-7-19(18(25)11-16)32-10-9-28-15-32/h5-12,15,23H,4,13-14H2,1-3H3. The van der Waals surface area contributed by atoms with E-state index in [1.807, 2.05) is 29.5 Å². The number of aromatic nitrogens is 5. The molecule has 4 rings (SSSR count). The molecule has 35 heavy (non-hydrogen) atoms. The van der Waals surface area contributed by atoms with Crippen molar-refractivity contribution < 1.29 is 22.6 Å². The number of aryl methyl sites for hydroxylation is 1. The van der Waals surface area contributed by atoms with Gasteiger partial charge in [-0.25, -0.2) is 9.37 Å². The number of hydrogen-bond donors (Lipinski definition) is 0. The van der Waals surface area contributed by atoms with Crippen LogP contribution in [-0.4, -0.2) is 45.1 Å². The summed E-state index contributed by atoms with van der Waals surface area (Å²) in [4.78, 5) is 5.80. The Morgan fingerprint density at radius 3 is 2.51 bits per heavy atom. The summed E-state index contributed by atoms with van der Waals surface area (Å²) in [5.41, 5.74) is 1.87. The summed E-state index contributed by atoms with van der Waals surface area (Å²) in [6.07, 6.45) is 5.44. The molecule has 0 fully saturated rings. The molecule has 11 heteroatoms. The Bertz CT molecular complexity index is 1280. The second kappa shape index (κ2) is 10.5. The smallest absolute Gasteiger partial charge is 0.387 e. The number of imidazole rings is 1. The summed E-state index contributed by atoms with van der Waals surface area (Å²) in [6.45, 7) is -0.295. The fraction of sp³-hybridized carbons (Fsp3) is 0.292. The van der Waals surface area contributed by atoms with Crippen molar-refractivity contribution in [2.24, 2.45) is 0 Å². The minimum Gasteiger partial charge on any atom is -0.493 e. The molecule has 0 spiro atoms. The summed E-state index contributed by atoms with van der Waals surface area (Å²) < 4.78 is 53.6. The predicted octanol–water partition coefficient (Wildman–Crippen LogP) is 4.46. The van der Waals surface area contributed by atoms with Crippen LogP contribution in [0.25, 0.3) is 5.69 Å². The molecule has 0 aliphatic carbocycles. The Morgan fingerprint density at radius 2 is 1.86 bits per heavy atom. The molecule has 0 aliphatic heterocycles. The fourth-order valence-corrected chi connectivity index (χ4v) is 3.83. The third-order valence-corrected chi connectivity index (χ3v) is 5.46. The molecular weight excluding hydrogens is 461 g/mol. The van der Waals surface area contributed by atoms with Crippen LogP contribution in [-0.2, 0) is 19.5 Å². The van der Waals surface area contributed by atoms with Gasteiger partial charge in [0.05, 0.1) is 25.7 Å². The molecule has 0 aliphatic rings. The van der Waals surface area contributed by atoms with Gasteiger partial charge in [0.15, 0.2) is 11.5 Å². The Kier molecular flexibility index (Phi) is 7.23. The minimum absolute atomic E-state index is 0.0439. The Hall–Kier alpha value is -4.02. The van der Waals surface area contributed by atoms with E-state index in [-0.39, 0.29) is 17.3 Å². The molecule has 0 radical (unpaired) electrons. The maximum atomic E-state index is 14.8. The normalized spacial score (nSPS) is 11.2. The van der Waals surface area contributed by atoms with E-state index in [1.54, 1.807) is 35.2 Å². The number of rotatable bonds is 10. The van der Waals surface area contributed by atoms with Gasteiger partial charge in [-0.05, 0) is 35.4 Å². The maximum absolute atomic E-state index is 14.8. The number of methoxy groups -OCH3 is 1. The maximum Gasteiger partial charge on any atom is 0.387 e. The van der Waals surface area contributed by atoms with Crippen molar-refractivity contribution in [1.82, 2.24) is 24.3 Å². The average Bonchev–Trinajstić information content (AvgIpc) is 3.49. The average molecular weight is 486 g/mol. The second-order valence-electron chi connectivity index (χ2n) is 7.83. The van der Waals surface area contributed by atoms with Crippen molar-refractivity contribution in [3.63, 3.8) is 0 Å². The van der Waals surface area contributed by atoms with E-state index in [2.05, 4.69) is 19.9 Å². The Labute approximate surface area is 200 Å². The molecule has 0 saturated carbocycles. The molecule has 2 aromatic carbocycles. The van der Waals surface area contributed by atoms with Crippen LogP contribution < -0.4 is 14.4 Å². The third-order valence-electron chi connectivity index (χ3n) is 5.46. The van der Waals surface area contributed by atoms with E-state index in [0.29, 0.717) is 36.7 Å². The van der Waals surface area contributed by atoms with Crippen LogP contribution in [0, 0.1) is 5.82 Å². The molecule has 2 heterocycles. The molecule has 0 bridgehead atoms. The Balaban J connectivity index is 1.57. The van der Waals surface area contributed by atoms with E-state index >= 15 is 0 Å². The lowest BCUT2D eigenvalue weighted by atomic mass is 10.2. The number of ether oxygens (including phenoxy) is 2. The summed E-state index contributed by atoms with van der Waals surface area (Å²) in [7, 11) is 3.21. The van der Waals surface area contributed by atoms with Gasteiger partial charge in [-0.15, -0.1) is 10.2 Å². The quantitative estimate of drug-likeness (QED) is 0.330. The summed E-state index contributed by atoms with van der Waals surface area (Å²) >= 11 is 0. The first-order chi connectivity index (χ1) is 16.9. The van der Waals surface area contributed by atoms with Crippen LogP contribution in [0.4, 0.5) is 19.1 Å². The summed E-state index contributed by atoms with van der Waals surface area (Å²) in [5, 5.41) is 8.60. The monoisotopic (exact) mass is 486 g/mol. The zero-order chi connectivity index (χ0) is 24.9. The van der Waals surface area contributed by atoms with Crippen LogP contribution in [0.1, 0.15) is 23.9 Å². The molecule has 2 aromatic heterocycles. The third kappa shape index (κ3) is 5.39. The summed E-state index contributed by atoms with van der Waals surface area (Å²) in [5.74, 6) is 1.11. The van der Waals surface area contributed by atoms with Crippen LogP contribution >= 0.6 is 0 Å².